The number of hydrogen-bond acceptors (Lipinski definition) is 6. The molecule has 0 aliphatic carbocycles. The minimum absolute atomic E-state index is 0.282. The molecule has 0 fully saturated rings. The summed E-state index contributed by atoms with van der Waals surface area (Å²) in [7, 11) is 0. The Hall–Kier alpha value is -4.00. The fourth-order valence-electron chi connectivity index (χ4n) is 2.93. The number of nitrogens with zero attached hydrogens (tertiary/aromatic N) is 3. The summed E-state index contributed by atoms with van der Waals surface area (Å²) in [5.74, 6) is 1.50. The normalized spacial score (nSPS) is 10.5. The van der Waals surface area contributed by atoms with E-state index in [4.69, 9.17) is 4.74 Å². The number of carbonyl (C=O) groups excluding carboxylic acids is 1. The van der Waals surface area contributed by atoms with Crippen molar-refractivity contribution in [3.05, 3.63) is 78.9 Å². The predicted octanol–water partition coefficient (Wildman–Crippen LogP) is 4.42. The second kappa shape index (κ2) is 8.35. The first-order valence-electron chi connectivity index (χ1n) is 9.19. The summed E-state index contributed by atoms with van der Waals surface area (Å²) >= 11 is 0. The number of carbonyl (C=O) groups is 1. The molecule has 144 valence electrons. The average Bonchev–Trinajstić information content (AvgIpc) is 2.76. The molecule has 3 aromatic heterocycles. The lowest BCUT2D eigenvalue weighted by Crippen LogP contribution is -2.13. The zero-order chi connectivity index (χ0) is 20.1. The van der Waals surface area contributed by atoms with Gasteiger partial charge >= 0.3 is 0 Å². The van der Waals surface area contributed by atoms with Crippen molar-refractivity contribution >= 4 is 34.0 Å². The quantitative estimate of drug-likeness (QED) is 0.511. The van der Waals surface area contributed by atoms with Gasteiger partial charge in [-0.3, -0.25) is 9.78 Å². The van der Waals surface area contributed by atoms with E-state index in [9.17, 15) is 4.79 Å². The lowest BCUT2D eigenvalue weighted by atomic mass is 10.1. The Morgan fingerprint density at radius 1 is 1.03 bits per heavy atom. The van der Waals surface area contributed by atoms with Crippen molar-refractivity contribution in [1.82, 2.24) is 15.0 Å². The van der Waals surface area contributed by atoms with Crippen molar-refractivity contribution in [2.75, 3.05) is 17.2 Å². The number of anilines is 3. The van der Waals surface area contributed by atoms with Gasteiger partial charge in [-0.2, -0.15) is 0 Å². The molecule has 3 heterocycles. The Morgan fingerprint density at radius 2 is 1.90 bits per heavy atom. The first kappa shape index (κ1) is 18.4. The van der Waals surface area contributed by atoms with Crippen LogP contribution in [0.1, 0.15) is 17.3 Å². The van der Waals surface area contributed by atoms with Gasteiger partial charge in [-0.05, 0) is 30.5 Å². The van der Waals surface area contributed by atoms with Crippen LogP contribution < -0.4 is 15.4 Å². The summed E-state index contributed by atoms with van der Waals surface area (Å²) in [4.78, 5) is 25.5. The molecule has 1 amide bonds. The van der Waals surface area contributed by atoms with E-state index in [-0.39, 0.29) is 5.91 Å². The van der Waals surface area contributed by atoms with Crippen LogP contribution >= 0.6 is 0 Å². The van der Waals surface area contributed by atoms with E-state index in [0.29, 0.717) is 35.2 Å². The summed E-state index contributed by atoms with van der Waals surface area (Å²) < 4.78 is 5.53. The molecule has 4 aromatic rings. The van der Waals surface area contributed by atoms with Gasteiger partial charge in [-0.15, -0.1) is 0 Å². The van der Waals surface area contributed by atoms with Crippen molar-refractivity contribution in [3.8, 4) is 5.75 Å². The number of rotatable bonds is 6. The molecule has 7 heteroatoms. The lowest BCUT2D eigenvalue weighted by molar-refractivity contribution is 0.102. The van der Waals surface area contributed by atoms with Gasteiger partial charge in [0, 0.05) is 35.6 Å². The Balaban J connectivity index is 1.56. The lowest BCUT2D eigenvalue weighted by Gasteiger charge is -2.12. The molecular formula is C22H19N5O2. The topological polar surface area (TPSA) is 89.0 Å². The molecule has 0 aliphatic heterocycles. The third-order valence-corrected chi connectivity index (χ3v) is 4.27. The summed E-state index contributed by atoms with van der Waals surface area (Å²) in [6, 6.07) is 14.9. The summed E-state index contributed by atoms with van der Waals surface area (Å²) in [5, 5.41) is 8.08. The summed E-state index contributed by atoms with van der Waals surface area (Å²) in [6.07, 6.45) is 6.49. The number of pyridine rings is 3. The molecule has 0 saturated heterocycles. The zero-order valence-electron chi connectivity index (χ0n) is 15.8. The smallest absolute Gasteiger partial charge is 0.255 e. The fourth-order valence-corrected chi connectivity index (χ4v) is 2.93. The first-order chi connectivity index (χ1) is 14.2. The van der Waals surface area contributed by atoms with Crippen molar-refractivity contribution in [3.63, 3.8) is 0 Å². The molecule has 0 aliphatic rings. The largest absolute Gasteiger partial charge is 0.492 e. The number of hydrogen-bond donors (Lipinski definition) is 2. The molecule has 4 rings (SSSR count). The van der Waals surface area contributed by atoms with Crippen LogP contribution in [0.15, 0.2) is 73.3 Å². The SMILES string of the molecule is CCOc1ccncc1NC(=O)c1ccnc(Nc2nccc3ccccc23)c1. The van der Waals surface area contributed by atoms with Crippen molar-refractivity contribution in [2.45, 2.75) is 6.92 Å². The highest BCUT2D eigenvalue weighted by Crippen LogP contribution is 2.25. The van der Waals surface area contributed by atoms with E-state index in [1.807, 2.05) is 37.3 Å². The van der Waals surface area contributed by atoms with E-state index in [0.717, 1.165) is 10.8 Å². The van der Waals surface area contributed by atoms with Crippen LogP contribution in [-0.2, 0) is 0 Å². The monoisotopic (exact) mass is 385 g/mol. The van der Waals surface area contributed by atoms with E-state index < -0.39 is 0 Å². The highest BCUT2D eigenvalue weighted by atomic mass is 16.5. The summed E-state index contributed by atoms with van der Waals surface area (Å²) in [6.45, 7) is 2.38. The van der Waals surface area contributed by atoms with Crippen LogP contribution in [0, 0.1) is 0 Å². The average molecular weight is 385 g/mol. The Morgan fingerprint density at radius 3 is 2.79 bits per heavy atom. The molecule has 7 nitrogen and oxygen atoms in total. The first-order valence-corrected chi connectivity index (χ1v) is 9.19. The molecule has 0 unspecified atom stereocenters. The van der Waals surface area contributed by atoms with Crippen LogP contribution in [0.4, 0.5) is 17.3 Å². The number of benzene rings is 1. The van der Waals surface area contributed by atoms with Crippen LogP contribution in [0.25, 0.3) is 10.8 Å². The van der Waals surface area contributed by atoms with Crippen LogP contribution in [0.3, 0.4) is 0 Å². The maximum Gasteiger partial charge on any atom is 0.255 e. The van der Waals surface area contributed by atoms with E-state index >= 15 is 0 Å². The van der Waals surface area contributed by atoms with Gasteiger partial charge in [0.25, 0.3) is 5.91 Å². The standard InChI is InChI=1S/C22H19N5O2/c1-2-29-19-9-10-23-14-18(19)26-22(28)16-8-11-24-20(13-16)27-21-17-6-4-3-5-15(17)7-12-25-21/h3-14H,2H2,1H3,(H,26,28)(H,24,25,27). The third-order valence-electron chi connectivity index (χ3n) is 4.27. The van der Waals surface area contributed by atoms with Gasteiger partial charge in [-0.25, -0.2) is 9.97 Å². The molecule has 1 aromatic carbocycles. The molecule has 2 N–H and O–H groups in total. The van der Waals surface area contributed by atoms with Crippen molar-refractivity contribution < 1.29 is 9.53 Å². The molecule has 0 spiro atoms. The molecule has 0 atom stereocenters. The third kappa shape index (κ3) is 4.14. The maximum absolute atomic E-state index is 12.7. The van der Waals surface area contributed by atoms with Crippen LogP contribution in [0.5, 0.6) is 5.75 Å². The maximum atomic E-state index is 12.7. The second-order valence-corrected chi connectivity index (χ2v) is 6.19. The van der Waals surface area contributed by atoms with Gasteiger partial charge in [0.1, 0.15) is 23.1 Å². The van der Waals surface area contributed by atoms with Gasteiger partial charge in [0.15, 0.2) is 0 Å². The minimum Gasteiger partial charge on any atom is -0.492 e. The molecule has 29 heavy (non-hydrogen) atoms. The summed E-state index contributed by atoms with van der Waals surface area (Å²) in [5.41, 5.74) is 0.968. The molecule has 0 radical (unpaired) electrons. The number of fused-ring (bicyclic) bond motifs is 1. The van der Waals surface area contributed by atoms with E-state index in [1.54, 1.807) is 43.0 Å². The number of nitrogens with one attached hydrogen (secondary N) is 2. The van der Waals surface area contributed by atoms with Crippen molar-refractivity contribution in [1.29, 1.82) is 0 Å². The second-order valence-electron chi connectivity index (χ2n) is 6.19. The van der Waals surface area contributed by atoms with Crippen molar-refractivity contribution in [2.24, 2.45) is 0 Å². The van der Waals surface area contributed by atoms with Gasteiger partial charge in [0.2, 0.25) is 0 Å². The Kier molecular flexibility index (Phi) is 5.29. The minimum atomic E-state index is -0.282. The van der Waals surface area contributed by atoms with Crippen LogP contribution in [-0.4, -0.2) is 27.5 Å². The highest BCUT2D eigenvalue weighted by Gasteiger charge is 2.12. The Bertz CT molecular complexity index is 1160. The fraction of sp³-hybridized carbons (Fsp3) is 0.0909. The predicted molar refractivity (Wildman–Crippen MR) is 113 cm³/mol. The molecule has 0 bridgehead atoms. The number of aromatic nitrogens is 3. The number of amides is 1. The molecular weight excluding hydrogens is 366 g/mol. The number of ether oxygens (including phenoxy) is 1. The van der Waals surface area contributed by atoms with Crippen LogP contribution in [0.2, 0.25) is 0 Å². The van der Waals surface area contributed by atoms with E-state index in [1.165, 1.54) is 0 Å². The Labute approximate surface area is 167 Å². The van der Waals surface area contributed by atoms with Gasteiger partial charge < -0.3 is 15.4 Å². The van der Waals surface area contributed by atoms with Gasteiger partial charge in [-0.1, -0.05) is 24.3 Å². The highest BCUT2D eigenvalue weighted by molar-refractivity contribution is 6.05. The van der Waals surface area contributed by atoms with Gasteiger partial charge in [0.05, 0.1) is 12.8 Å². The van der Waals surface area contributed by atoms with E-state index in [2.05, 4.69) is 25.6 Å². The zero-order valence-corrected chi connectivity index (χ0v) is 15.8. The molecule has 0 saturated carbocycles.